The van der Waals surface area contributed by atoms with Crippen LogP contribution in [-0.4, -0.2) is 13.3 Å². The van der Waals surface area contributed by atoms with E-state index in [1.54, 1.807) is 18.2 Å². The number of nitro groups is 1. The first kappa shape index (κ1) is 15.9. The Bertz CT molecular complexity index is 771. The molecule has 0 bridgehead atoms. The maximum absolute atomic E-state index is 12.2. The van der Waals surface area contributed by atoms with Crippen molar-refractivity contribution in [2.45, 2.75) is 4.90 Å². The maximum Gasteiger partial charge on any atom is 0.271 e. The predicted molar refractivity (Wildman–Crippen MR) is 85.7 cm³/mol. The van der Waals surface area contributed by atoms with Gasteiger partial charge in [0.05, 0.1) is 15.5 Å². The summed E-state index contributed by atoms with van der Waals surface area (Å²) in [7, 11) is -3.77. The van der Waals surface area contributed by atoms with Crippen molar-refractivity contribution >= 4 is 53.3 Å². The Balaban J connectivity index is 2.43. The lowest BCUT2D eigenvalue weighted by Crippen LogP contribution is -2.13. The molecule has 0 heterocycles. The number of hydrogen-bond donors (Lipinski definition) is 1. The van der Waals surface area contributed by atoms with Gasteiger partial charge >= 0.3 is 0 Å². The third kappa shape index (κ3) is 3.60. The lowest BCUT2D eigenvalue weighted by atomic mass is 10.3. The van der Waals surface area contributed by atoms with E-state index < -0.39 is 14.9 Å². The Labute approximate surface area is 137 Å². The van der Waals surface area contributed by atoms with E-state index in [2.05, 4.69) is 36.6 Å². The second-order valence-corrected chi connectivity index (χ2v) is 7.35. The highest BCUT2D eigenvalue weighted by Crippen LogP contribution is 2.36. The van der Waals surface area contributed by atoms with E-state index in [4.69, 9.17) is 0 Å². The van der Waals surface area contributed by atoms with E-state index in [0.717, 1.165) is 0 Å². The van der Waals surface area contributed by atoms with Gasteiger partial charge in [-0.25, -0.2) is 8.42 Å². The van der Waals surface area contributed by atoms with Crippen molar-refractivity contribution < 1.29 is 13.3 Å². The molecule has 0 amide bonds. The SMILES string of the molecule is O=[N+]([O-])c1cc(Br)c(NS(=O)(=O)c2ccccc2)c(Br)c1. The van der Waals surface area contributed by atoms with Gasteiger partial charge in [0.2, 0.25) is 0 Å². The van der Waals surface area contributed by atoms with E-state index >= 15 is 0 Å². The molecule has 110 valence electrons. The maximum atomic E-state index is 12.2. The molecule has 0 aliphatic heterocycles. The zero-order chi connectivity index (χ0) is 15.6. The summed E-state index contributed by atoms with van der Waals surface area (Å²) in [4.78, 5) is 10.3. The first-order valence-electron chi connectivity index (χ1n) is 5.52. The van der Waals surface area contributed by atoms with Gasteiger partial charge in [-0.2, -0.15) is 0 Å². The fraction of sp³-hybridized carbons (Fsp3) is 0. The first-order valence-corrected chi connectivity index (χ1v) is 8.59. The summed E-state index contributed by atoms with van der Waals surface area (Å²) in [6, 6.07) is 10.3. The largest absolute Gasteiger partial charge is 0.277 e. The minimum Gasteiger partial charge on any atom is -0.277 e. The van der Waals surface area contributed by atoms with Gasteiger partial charge in [-0.3, -0.25) is 14.8 Å². The third-order valence-electron chi connectivity index (χ3n) is 2.53. The van der Waals surface area contributed by atoms with E-state index in [0.29, 0.717) is 0 Å². The summed E-state index contributed by atoms with van der Waals surface area (Å²) >= 11 is 6.26. The molecule has 2 aromatic rings. The van der Waals surface area contributed by atoms with Gasteiger partial charge in [-0.1, -0.05) is 18.2 Å². The number of nitro benzene ring substituents is 1. The fourth-order valence-corrected chi connectivity index (χ4v) is 4.30. The number of rotatable bonds is 4. The second kappa shape index (κ2) is 6.12. The van der Waals surface area contributed by atoms with Crippen molar-refractivity contribution in [1.29, 1.82) is 0 Å². The number of halogens is 2. The van der Waals surface area contributed by atoms with Gasteiger partial charge in [-0.05, 0) is 44.0 Å². The molecule has 0 saturated carbocycles. The van der Waals surface area contributed by atoms with Gasteiger partial charge in [0.1, 0.15) is 0 Å². The zero-order valence-electron chi connectivity index (χ0n) is 10.3. The van der Waals surface area contributed by atoms with Crippen LogP contribution in [0, 0.1) is 10.1 Å². The van der Waals surface area contributed by atoms with Crippen LogP contribution < -0.4 is 4.72 Å². The standard InChI is InChI=1S/C12H8Br2N2O4S/c13-10-6-8(16(17)18)7-11(14)12(10)15-21(19,20)9-4-2-1-3-5-9/h1-7,15H. The summed E-state index contributed by atoms with van der Waals surface area (Å²) < 4.78 is 27.4. The molecule has 0 fully saturated rings. The van der Waals surface area contributed by atoms with Crippen molar-refractivity contribution in [1.82, 2.24) is 0 Å². The fourth-order valence-electron chi connectivity index (χ4n) is 1.56. The van der Waals surface area contributed by atoms with Crippen LogP contribution in [0.3, 0.4) is 0 Å². The molecule has 2 rings (SSSR count). The Kier molecular flexibility index (Phi) is 4.64. The number of anilines is 1. The topological polar surface area (TPSA) is 89.3 Å². The number of non-ortho nitro benzene ring substituents is 1. The van der Waals surface area contributed by atoms with Crippen molar-refractivity contribution in [2.75, 3.05) is 4.72 Å². The van der Waals surface area contributed by atoms with E-state index in [9.17, 15) is 18.5 Å². The lowest BCUT2D eigenvalue weighted by Gasteiger charge is -2.11. The zero-order valence-corrected chi connectivity index (χ0v) is 14.3. The monoisotopic (exact) mass is 434 g/mol. The lowest BCUT2D eigenvalue weighted by molar-refractivity contribution is -0.385. The van der Waals surface area contributed by atoms with Crippen LogP contribution in [-0.2, 0) is 10.0 Å². The Morgan fingerprint density at radius 1 is 1.05 bits per heavy atom. The molecule has 6 nitrogen and oxygen atoms in total. The van der Waals surface area contributed by atoms with Crippen molar-refractivity contribution in [2.24, 2.45) is 0 Å². The number of hydrogen-bond acceptors (Lipinski definition) is 4. The Morgan fingerprint density at radius 2 is 1.57 bits per heavy atom. The predicted octanol–water partition coefficient (Wildman–Crippen LogP) is 3.92. The van der Waals surface area contributed by atoms with Crippen LogP contribution in [0.4, 0.5) is 11.4 Å². The van der Waals surface area contributed by atoms with Crippen LogP contribution in [0.15, 0.2) is 56.3 Å². The molecule has 2 aromatic carbocycles. The molecule has 0 aliphatic carbocycles. The molecular weight excluding hydrogens is 428 g/mol. The van der Waals surface area contributed by atoms with Gasteiger partial charge in [0, 0.05) is 21.1 Å². The molecule has 0 spiro atoms. The molecule has 0 aromatic heterocycles. The van der Waals surface area contributed by atoms with E-state index in [1.165, 1.54) is 24.3 Å². The van der Waals surface area contributed by atoms with Gasteiger partial charge in [-0.15, -0.1) is 0 Å². The van der Waals surface area contributed by atoms with Crippen LogP contribution in [0.1, 0.15) is 0 Å². The summed E-state index contributed by atoms with van der Waals surface area (Å²) in [5.74, 6) is 0. The van der Waals surface area contributed by atoms with E-state index in [1.807, 2.05) is 0 Å². The van der Waals surface area contributed by atoms with Gasteiger partial charge in [0.25, 0.3) is 15.7 Å². The van der Waals surface area contributed by atoms with Crippen molar-refractivity contribution in [3.63, 3.8) is 0 Å². The molecule has 0 saturated heterocycles. The summed E-state index contributed by atoms with van der Waals surface area (Å²) in [5.41, 5.74) is 0.0425. The highest BCUT2D eigenvalue weighted by atomic mass is 79.9. The number of benzene rings is 2. The normalized spacial score (nSPS) is 11.1. The molecule has 0 aliphatic rings. The van der Waals surface area contributed by atoms with Crippen molar-refractivity contribution in [3.8, 4) is 0 Å². The molecule has 0 unspecified atom stereocenters. The summed E-state index contributed by atoms with van der Waals surface area (Å²) in [6.45, 7) is 0. The third-order valence-corrected chi connectivity index (χ3v) is 5.14. The first-order chi connectivity index (χ1) is 9.81. The van der Waals surface area contributed by atoms with Gasteiger partial charge < -0.3 is 0 Å². The van der Waals surface area contributed by atoms with Crippen LogP contribution in [0.25, 0.3) is 0 Å². The van der Waals surface area contributed by atoms with Crippen LogP contribution in [0.5, 0.6) is 0 Å². The highest BCUT2D eigenvalue weighted by Gasteiger charge is 2.20. The molecule has 1 N–H and O–H groups in total. The Hall–Kier alpha value is -1.45. The number of sulfonamides is 1. The molecule has 21 heavy (non-hydrogen) atoms. The molecular formula is C12H8Br2N2O4S. The summed E-state index contributed by atoms with van der Waals surface area (Å²) in [5, 5.41) is 10.7. The highest BCUT2D eigenvalue weighted by molar-refractivity contribution is 9.11. The van der Waals surface area contributed by atoms with Crippen LogP contribution in [0.2, 0.25) is 0 Å². The quantitative estimate of drug-likeness (QED) is 0.582. The molecule has 0 atom stereocenters. The minimum atomic E-state index is -3.77. The van der Waals surface area contributed by atoms with E-state index in [-0.39, 0.29) is 25.2 Å². The number of nitrogens with one attached hydrogen (secondary N) is 1. The van der Waals surface area contributed by atoms with Crippen molar-refractivity contribution in [3.05, 3.63) is 61.5 Å². The Morgan fingerprint density at radius 3 is 2.05 bits per heavy atom. The second-order valence-electron chi connectivity index (χ2n) is 3.96. The smallest absolute Gasteiger partial charge is 0.271 e. The molecule has 9 heteroatoms. The minimum absolute atomic E-state index is 0.0992. The summed E-state index contributed by atoms with van der Waals surface area (Å²) in [6.07, 6.45) is 0. The average molecular weight is 436 g/mol. The molecule has 0 radical (unpaired) electrons. The van der Waals surface area contributed by atoms with Crippen LogP contribution >= 0.6 is 31.9 Å². The van der Waals surface area contributed by atoms with Gasteiger partial charge in [0.15, 0.2) is 0 Å². The number of nitrogens with zero attached hydrogens (tertiary/aromatic N) is 1. The average Bonchev–Trinajstić information content (AvgIpc) is 2.43.